The molecule has 2 heterocycles. The van der Waals surface area contributed by atoms with Crippen LogP contribution in [-0.2, 0) is 12.0 Å². The van der Waals surface area contributed by atoms with Gasteiger partial charge in [-0.25, -0.2) is 4.98 Å². The maximum absolute atomic E-state index is 12.9. The molecule has 0 saturated carbocycles. The highest BCUT2D eigenvalue weighted by atomic mass is 16.1. The SMILES string of the molecule is CC(C)(C)c1ccc(NC(=O)c2cccnc2NCc2ccc3ncccc3c2)cc1. The minimum absolute atomic E-state index is 0.0712. The number of carbonyl (C=O) groups is 1. The fourth-order valence-electron chi connectivity index (χ4n) is 3.40. The molecule has 2 aromatic heterocycles. The van der Waals surface area contributed by atoms with E-state index < -0.39 is 0 Å². The molecule has 0 atom stereocenters. The van der Waals surface area contributed by atoms with E-state index in [-0.39, 0.29) is 11.3 Å². The van der Waals surface area contributed by atoms with Crippen LogP contribution in [0.1, 0.15) is 42.3 Å². The molecule has 0 bridgehead atoms. The van der Waals surface area contributed by atoms with Crippen LogP contribution in [0.15, 0.2) is 79.1 Å². The highest BCUT2D eigenvalue weighted by Gasteiger charge is 2.15. The van der Waals surface area contributed by atoms with E-state index in [4.69, 9.17) is 0 Å². The molecule has 5 nitrogen and oxygen atoms in total. The smallest absolute Gasteiger partial charge is 0.259 e. The number of benzene rings is 2. The molecule has 4 rings (SSSR count). The molecule has 0 aliphatic rings. The molecular formula is C26H26N4O. The highest BCUT2D eigenvalue weighted by molar-refractivity contribution is 6.07. The number of hydrogen-bond donors (Lipinski definition) is 2. The van der Waals surface area contributed by atoms with Crippen LogP contribution in [0.25, 0.3) is 10.9 Å². The Morgan fingerprint density at radius 2 is 1.65 bits per heavy atom. The normalized spacial score (nSPS) is 11.3. The minimum Gasteiger partial charge on any atom is -0.365 e. The number of rotatable bonds is 5. The fourth-order valence-corrected chi connectivity index (χ4v) is 3.40. The first-order chi connectivity index (χ1) is 14.9. The molecular weight excluding hydrogens is 384 g/mol. The van der Waals surface area contributed by atoms with Crippen LogP contribution in [0.3, 0.4) is 0 Å². The molecule has 2 aromatic carbocycles. The number of fused-ring (bicyclic) bond motifs is 1. The van der Waals surface area contributed by atoms with Gasteiger partial charge in [-0.05, 0) is 59.0 Å². The summed E-state index contributed by atoms with van der Waals surface area (Å²) < 4.78 is 0. The lowest BCUT2D eigenvalue weighted by molar-refractivity contribution is 0.102. The van der Waals surface area contributed by atoms with E-state index in [1.165, 1.54) is 5.56 Å². The van der Waals surface area contributed by atoms with Gasteiger partial charge in [0.1, 0.15) is 5.82 Å². The van der Waals surface area contributed by atoms with Crippen LogP contribution in [0.5, 0.6) is 0 Å². The first-order valence-electron chi connectivity index (χ1n) is 10.3. The number of aromatic nitrogens is 2. The van der Waals surface area contributed by atoms with Crippen molar-refractivity contribution in [1.82, 2.24) is 9.97 Å². The lowest BCUT2D eigenvalue weighted by Crippen LogP contribution is -2.16. The van der Waals surface area contributed by atoms with E-state index in [2.05, 4.69) is 47.4 Å². The highest BCUT2D eigenvalue weighted by Crippen LogP contribution is 2.24. The lowest BCUT2D eigenvalue weighted by atomic mass is 9.87. The van der Waals surface area contributed by atoms with Gasteiger partial charge in [-0.15, -0.1) is 0 Å². The van der Waals surface area contributed by atoms with Gasteiger partial charge in [-0.3, -0.25) is 9.78 Å². The number of hydrogen-bond acceptors (Lipinski definition) is 4. The van der Waals surface area contributed by atoms with Gasteiger partial charge < -0.3 is 10.6 Å². The van der Waals surface area contributed by atoms with E-state index in [1.807, 2.05) is 48.5 Å². The van der Waals surface area contributed by atoms with Gasteiger partial charge in [-0.1, -0.05) is 45.0 Å². The van der Waals surface area contributed by atoms with Crippen LogP contribution >= 0.6 is 0 Å². The van der Waals surface area contributed by atoms with Crippen molar-refractivity contribution in [1.29, 1.82) is 0 Å². The Hall–Kier alpha value is -3.73. The van der Waals surface area contributed by atoms with Crippen LogP contribution in [0.2, 0.25) is 0 Å². The maximum Gasteiger partial charge on any atom is 0.259 e. The zero-order valence-corrected chi connectivity index (χ0v) is 18.0. The number of amides is 1. The first-order valence-corrected chi connectivity index (χ1v) is 10.3. The molecule has 0 saturated heterocycles. The average molecular weight is 411 g/mol. The largest absolute Gasteiger partial charge is 0.365 e. The van der Waals surface area contributed by atoms with E-state index in [0.29, 0.717) is 17.9 Å². The summed E-state index contributed by atoms with van der Waals surface area (Å²) >= 11 is 0. The van der Waals surface area contributed by atoms with Crippen LogP contribution in [-0.4, -0.2) is 15.9 Å². The number of carbonyl (C=O) groups excluding carboxylic acids is 1. The average Bonchev–Trinajstić information content (AvgIpc) is 2.77. The van der Waals surface area contributed by atoms with Crippen LogP contribution < -0.4 is 10.6 Å². The zero-order valence-electron chi connectivity index (χ0n) is 18.0. The molecule has 0 radical (unpaired) electrons. The summed E-state index contributed by atoms with van der Waals surface area (Å²) in [4.78, 5) is 21.6. The lowest BCUT2D eigenvalue weighted by Gasteiger charge is -2.19. The molecule has 0 spiro atoms. The summed E-state index contributed by atoms with van der Waals surface area (Å²) in [5.74, 6) is 0.361. The molecule has 0 fully saturated rings. The number of nitrogens with zero attached hydrogens (tertiary/aromatic N) is 2. The molecule has 2 N–H and O–H groups in total. The van der Waals surface area contributed by atoms with Crippen molar-refractivity contribution in [3.63, 3.8) is 0 Å². The second kappa shape index (κ2) is 8.56. The van der Waals surface area contributed by atoms with Crippen molar-refractivity contribution in [2.24, 2.45) is 0 Å². The van der Waals surface area contributed by atoms with Crippen LogP contribution in [0.4, 0.5) is 11.5 Å². The van der Waals surface area contributed by atoms with Crippen molar-refractivity contribution in [3.05, 3.63) is 95.8 Å². The van der Waals surface area contributed by atoms with Crippen molar-refractivity contribution >= 4 is 28.3 Å². The van der Waals surface area contributed by atoms with Crippen molar-refractivity contribution in [2.45, 2.75) is 32.7 Å². The van der Waals surface area contributed by atoms with E-state index >= 15 is 0 Å². The molecule has 4 aromatic rings. The number of anilines is 2. The van der Waals surface area contributed by atoms with Gasteiger partial charge in [0.25, 0.3) is 5.91 Å². The van der Waals surface area contributed by atoms with Crippen molar-refractivity contribution in [3.8, 4) is 0 Å². The summed E-state index contributed by atoms with van der Waals surface area (Å²) in [7, 11) is 0. The first kappa shape index (κ1) is 20.5. The maximum atomic E-state index is 12.9. The molecule has 1 amide bonds. The van der Waals surface area contributed by atoms with Crippen molar-refractivity contribution < 1.29 is 4.79 Å². The molecule has 0 aliphatic carbocycles. The summed E-state index contributed by atoms with van der Waals surface area (Å²) in [6.45, 7) is 7.06. The third-order valence-electron chi connectivity index (χ3n) is 5.19. The Morgan fingerprint density at radius 3 is 2.42 bits per heavy atom. The van der Waals surface area contributed by atoms with Crippen molar-refractivity contribution in [2.75, 3.05) is 10.6 Å². The van der Waals surface area contributed by atoms with E-state index in [9.17, 15) is 4.79 Å². The number of pyridine rings is 2. The standard InChI is InChI=1S/C26H26N4O/c1-26(2,3)20-9-11-21(12-10-20)30-25(31)22-7-5-15-28-24(22)29-17-18-8-13-23-19(16-18)6-4-14-27-23/h4-16H,17H2,1-3H3,(H,28,29)(H,30,31). The summed E-state index contributed by atoms with van der Waals surface area (Å²) in [5, 5.41) is 7.35. The predicted molar refractivity (Wildman–Crippen MR) is 126 cm³/mol. The van der Waals surface area contributed by atoms with E-state index in [1.54, 1.807) is 24.5 Å². The summed E-state index contributed by atoms with van der Waals surface area (Å²) in [6, 6.07) is 21.6. The second-order valence-corrected chi connectivity index (χ2v) is 8.57. The van der Waals surface area contributed by atoms with Gasteiger partial charge in [0, 0.05) is 30.0 Å². The third kappa shape index (κ3) is 4.89. The van der Waals surface area contributed by atoms with Gasteiger partial charge in [0.2, 0.25) is 0 Å². The predicted octanol–water partition coefficient (Wildman–Crippen LogP) is 5.79. The molecule has 31 heavy (non-hydrogen) atoms. The van der Waals surface area contributed by atoms with E-state index in [0.717, 1.165) is 22.2 Å². The Labute approximate surface area is 182 Å². The molecule has 5 heteroatoms. The fraction of sp³-hybridized carbons (Fsp3) is 0.192. The molecule has 156 valence electrons. The van der Waals surface area contributed by atoms with Gasteiger partial charge in [-0.2, -0.15) is 0 Å². The summed E-state index contributed by atoms with van der Waals surface area (Å²) in [5.41, 5.74) is 4.61. The third-order valence-corrected chi connectivity index (χ3v) is 5.19. The Morgan fingerprint density at radius 1 is 0.903 bits per heavy atom. The minimum atomic E-state index is -0.193. The zero-order chi connectivity index (χ0) is 21.8. The second-order valence-electron chi connectivity index (χ2n) is 8.57. The topological polar surface area (TPSA) is 66.9 Å². The van der Waals surface area contributed by atoms with Gasteiger partial charge in [0.15, 0.2) is 0 Å². The molecule has 0 aliphatic heterocycles. The van der Waals surface area contributed by atoms with Crippen LogP contribution in [0, 0.1) is 0 Å². The monoisotopic (exact) mass is 410 g/mol. The summed E-state index contributed by atoms with van der Waals surface area (Å²) in [6.07, 6.45) is 3.47. The quantitative estimate of drug-likeness (QED) is 0.437. The Bertz CT molecular complexity index is 1210. The van der Waals surface area contributed by atoms with Gasteiger partial charge in [0.05, 0.1) is 11.1 Å². The Kier molecular flexibility index (Phi) is 5.67. The van der Waals surface area contributed by atoms with Gasteiger partial charge >= 0.3 is 0 Å². The number of nitrogens with one attached hydrogen (secondary N) is 2. The Balaban J connectivity index is 1.47. The molecule has 0 unspecified atom stereocenters.